The molecule has 0 unspecified atom stereocenters. The standard InChI is InChI=1S/C21H15F2N2O/c22-15-10-11-19(26-13-14-6-2-1-3-7-14)21(23)20(15)18-12-24-16-8-4-5-9-17(16)25-18/h1-3,5-12,24-25H,13H2. The third-order valence-corrected chi connectivity index (χ3v) is 4.07. The molecule has 0 saturated carbocycles. The predicted octanol–water partition coefficient (Wildman–Crippen LogP) is 5.18. The molecule has 0 bridgehead atoms. The number of hydrogen-bond donors (Lipinski definition) is 2. The highest BCUT2D eigenvalue weighted by molar-refractivity contribution is 5.88. The van der Waals surface area contributed by atoms with Gasteiger partial charge in [0, 0.05) is 6.20 Å². The number of anilines is 2. The third-order valence-electron chi connectivity index (χ3n) is 4.07. The van der Waals surface area contributed by atoms with Gasteiger partial charge in [-0.25, -0.2) is 8.78 Å². The van der Waals surface area contributed by atoms with Crippen LogP contribution in [0.5, 0.6) is 5.75 Å². The second-order valence-corrected chi connectivity index (χ2v) is 5.81. The fourth-order valence-corrected chi connectivity index (χ4v) is 2.75. The first-order valence-corrected chi connectivity index (χ1v) is 8.11. The van der Waals surface area contributed by atoms with Crippen LogP contribution in [0.3, 0.4) is 0 Å². The van der Waals surface area contributed by atoms with Crippen LogP contribution in [0, 0.1) is 17.7 Å². The smallest absolute Gasteiger partial charge is 0.177 e. The molecule has 3 aromatic rings. The number of halogens is 2. The quantitative estimate of drug-likeness (QED) is 0.681. The summed E-state index contributed by atoms with van der Waals surface area (Å²) in [5.41, 5.74) is 2.54. The summed E-state index contributed by atoms with van der Waals surface area (Å²) in [4.78, 5) is 0. The van der Waals surface area contributed by atoms with Crippen LogP contribution in [-0.2, 0) is 6.61 Å². The Morgan fingerprint density at radius 3 is 2.65 bits per heavy atom. The molecule has 0 aromatic heterocycles. The zero-order valence-electron chi connectivity index (χ0n) is 13.7. The van der Waals surface area contributed by atoms with Crippen LogP contribution in [0.2, 0.25) is 0 Å². The molecule has 0 fully saturated rings. The first-order valence-electron chi connectivity index (χ1n) is 8.11. The van der Waals surface area contributed by atoms with E-state index in [2.05, 4.69) is 16.7 Å². The van der Waals surface area contributed by atoms with Crippen molar-refractivity contribution in [2.75, 3.05) is 10.6 Å². The number of ether oxygens (including phenoxy) is 1. The molecule has 129 valence electrons. The van der Waals surface area contributed by atoms with Crippen molar-refractivity contribution < 1.29 is 13.5 Å². The minimum atomic E-state index is -0.743. The van der Waals surface area contributed by atoms with Crippen LogP contribution in [0.25, 0.3) is 5.70 Å². The van der Waals surface area contributed by atoms with E-state index in [9.17, 15) is 8.78 Å². The minimum Gasteiger partial charge on any atom is -0.486 e. The second kappa shape index (κ2) is 6.88. The molecule has 5 heteroatoms. The van der Waals surface area contributed by atoms with Gasteiger partial charge in [0.05, 0.1) is 22.6 Å². The normalized spacial score (nSPS) is 12.5. The molecule has 2 N–H and O–H groups in total. The second-order valence-electron chi connectivity index (χ2n) is 5.81. The van der Waals surface area contributed by atoms with Crippen molar-refractivity contribution in [3.05, 3.63) is 95.7 Å². The van der Waals surface area contributed by atoms with Crippen LogP contribution in [0.15, 0.2) is 66.9 Å². The number of nitrogens with one attached hydrogen (secondary N) is 2. The fourth-order valence-electron chi connectivity index (χ4n) is 2.75. The largest absolute Gasteiger partial charge is 0.486 e. The average Bonchev–Trinajstić information content (AvgIpc) is 2.68. The van der Waals surface area contributed by atoms with Gasteiger partial charge in [-0.2, -0.15) is 0 Å². The van der Waals surface area contributed by atoms with Crippen LogP contribution in [-0.4, -0.2) is 0 Å². The number of rotatable bonds is 4. The molecule has 0 atom stereocenters. The van der Waals surface area contributed by atoms with Gasteiger partial charge in [-0.1, -0.05) is 36.4 Å². The highest BCUT2D eigenvalue weighted by Gasteiger charge is 2.21. The van der Waals surface area contributed by atoms with Gasteiger partial charge in [0.15, 0.2) is 11.6 Å². The van der Waals surface area contributed by atoms with E-state index in [-0.39, 0.29) is 17.9 Å². The van der Waals surface area contributed by atoms with Crippen molar-refractivity contribution in [2.45, 2.75) is 6.61 Å². The van der Waals surface area contributed by atoms with Crippen molar-refractivity contribution in [1.82, 2.24) is 0 Å². The highest BCUT2D eigenvalue weighted by atomic mass is 19.1. The van der Waals surface area contributed by atoms with E-state index in [0.29, 0.717) is 5.70 Å². The van der Waals surface area contributed by atoms with Crippen molar-refractivity contribution in [2.24, 2.45) is 0 Å². The molecule has 0 amide bonds. The van der Waals surface area contributed by atoms with Gasteiger partial charge >= 0.3 is 0 Å². The van der Waals surface area contributed by atoms with Gasteiger partial charge in [-0.15, -0.1) is 0 Å². The van der Waals surface area contributed by atoms with E-state index in [1.165, 1.54) is 18.3 Å². The predicted molar refractivity (Wildman–Crippen MR) is 97.6 cm³/mol. The summed E-state index contributed by atoms with van der Waals surface area (Å²) in [5, 5.41) is 6.05. The van der Waals surface area contributed by atoms with E-state index in [1.54, 1.807) is 18.2 Å². The van der Waals surface area contributed by atoms with Crippen molar-refractivity contribution in [3.8, 4) is 5.75 Å². The molecule has 0 aliphatic carbocycles. The Morgan fingerprint density at radius 1 is 0.962 bits per heavy atom. The monoisotopic (exact) mass is 349 g/mol. The maximum Gasteiger partial charge on any atom is 0.177 e. The highest BCUT2D eigenvalue weighted by Crippen LogP contribution is 2.34. The molecule has 0 saturated heterocycles. The van der Waals surface area contributed by atoms with E-state index < -0.39 is 11.6 Å². The molecule has 1 heterocycles. The molecule has 3 nitrogen and oxygen atoms in total. The molecule has 26 heavy (non-hydrogen) atoms. The Balaban J connectivity index is 1.62. The number of fused-ring (bicyclic) bond motifs is 1. The van der Waals surface area contributed by atoms with Gasteiger partial charge in [0.25, 0.3) is 0 Å². The Hall–Kier alpha value is -3.34. The summed E-state index contributed by atoms with van der Waals surface area (Å²) in [7, 11) is 0. The zero-order chi connectivity index (χ0) is 17.9. The van der Waals surface area contributed by atoms with Crippen molar-refractivity contribution in [3.63, 3.8) is 0 Å². The summed E-state index contributed by atoms with van der Waals surface area (Å²) < 4.78 is 34.8. The first-order chi connectivity index (χ1) is 12.7. The summed E-state index contributed by atoms with van der Waals surface area (Å²) in [6, 6.07) is 20.1. The SMILES string of the molecule is Fc1ccc(OCc2ccccc2)c(F)c1C1=CNc2c[c]ccc2N1. The van der Waals surface area contributed by atoms with E-state index in [1.807, 2.05) is 30.3 Å². The topological polar surface area (TPSA) is 33.3 Å². The number of hydrogen-bond acceptors (Lipinski definition) is 3. The average molecular weight is 349 g/mol. The van der Waals surface area contributed by atoms with Crippen molar-refractivity contribution in [1.29, 1.82) is 0 Å². The molecule has 4 rings (SSSR count). The Kier molecular flexibility index (Phi) is 4.27. The Morgan fingerprint density at radius 2 is 1.81 bits per heavy atom. The lowest BCUT2D eigenvalue weighted by molar-refractivity contribution is 0.289. The van der Waals surface area contributed by atoms with E-state index >= 15 is 0 Å². The van der Waals surface area contributed by atoms with Crippen LogP contribution >= 0.6 is 0 Å². The van der Waals surface area contributed by atoms with Gasteiger partial charge in [-0.3, -0.25) is 0 Å². The van der Waals surface area contributed by atoms with Gasteiger partial charge < -0.3 is 15.4 Å². The third kappa shape index (κ3) is 3.11. The lowest BCUT2D eigenvalue weighted by atomic mass is 10.1. The summed E-state index contributed by atoms with van der Waals surface area (Å²) in [6.07, 6.45) is 1.53. The molecule has 1 aliphatic heterocycles. The minimum absolute atomic E-state index is 0.000134. The summed E-state index contributed by atoms with van der Waals surface area (Å²) in [6.45, 7) is 0.201. The maximum absolute atomic E-state index is 14.9. The zero-order valence-corrected chi connectivity index (χ0v) is 13.7. The fraction of sp³-hybridized carbons (Fsp3) is 0.0476. The Labute approximate surface area is 149 Å². The van der Waals surface area contributed by atoms with Gasteiger partial charge in [0.2, 0.25) is 0 Å². The van der Waals surface area contributed by atoms with Crippen LogP contribution in [0.4, 0.5) is 20.2 Å². The molecule has 1 aliphatic rings. The Bertz CT molecular complexity index is 971. The molecule has 0 spiro atoms. The lowest BCUT2D eigenvalue weighted by Crippen LogP contribution is -2.12. The molecule has 1 radical (unpaired) electrons. The molecular weight excluding hydrogens is 334 g/mol. The van der Waals surface area contributed by atoms with Crippen molar-refractivity contribution >= 4 is 17.1 Å². The number of benzene rings is 3. The van der Waals surface area contributed by atoms with Crippen LogP contribution < -0.4 is 15.4 Å². The maximum atomic E-state index is 14.9. The summed E-state index contributed by atoms with van der Waals surface area (Å²) in [5.74, 6) is -1.41. The van der Waals surface area contributed by atoms with Gasteiger partial charge in [0.1, 0.15) is 12.4 Å². The van der Waals surface area contributed by atoms with E-state index in [4.69, 9.17) is 4.74 Å². The van der Waals surface area contributed by atoms with Crippen LogP contribution in [0.1, 0.15) is 11.1 Å². The first kappa shape index (κ1) is 16.1. The van der Waals surface area contributed by atoms with Gasteiger partial charge in [-0.05, 0) is 35.9 Å². The summed E-state index contributed by atoms with van der Waals surface area (Å²) >= 11 is 0. The lowest BCUT2D eigenvalue weighted by Gasteiger charge is -2.21. The molecular formula is C21H15F2N2O. The van der Waals surface area contributed by atoms with E-state index in [0.717, 1.165) is 16.9 Å². The molecule has 3 aromatic carbocycles.